The molecule has 0 aliphatic rings. The summed E-state index contributed by atoms with van der Waals surface area (Å²) in [6, 6.07) is 30.4. The number of hydrogen-bond donors (Lipinski definition) is 1. The van der Waals surface area contributed by atoms with Gasteiger partial charge in [0.25, 0.3) is 8.32 Å². The van der Waals surface area contributed by atoms with Crippen LogP contribution < -0.4 is 10.4 Å². The molecule has 0 radical (unpaired) electrons. The second-order valence-electron chi connectivity index (χ2n) is 9.68. The van der Waals surface area contributed by atoms with Crippen LogP contribution in [0.3, 0.4) is 0 Å². The van der Waals surface area contributed by atoms with Crippen LogP contribution in [0, 0.1) is 5.92 Å². The van der Waals surface area contributed by atoms with Crippen molar-refractivity contribution >= 4 is 18.7 Å². The Morgan fingerprint density at radius 1 is 0.879 bits per heavy atom. The maximum absolute atomic E-state index is 14.8. The third kappa shape index (κ3) is 5.88. The van der Waals surface area contributed by atoms with Gasteiger partial charge >= 0.3 is 0 Å². The van der Waals surface area contributed by atoms with Crippen molar-refractivity contribution in [3.05, 3.63) is 108 Å². The molecular weight excluding hydrogens is 427 g/mol. The Bertz CT molecular complexity index is 974. The quantitative estimate of drug-likeness (QED) is 0.416. The molecule has 33 heavy (non-hydrogen) atoms. The number of aliphatic hydroxyl groups is 1. The lowest BCUT2D eigenvalue weighted by Gasteiger charge is -2.43. The van der Waals surface area contributed by atoms with E-state index in [0.29, 0.717) is 6.42 Å². The lowest BCUT2D eigenvalue weighted by molar-refractivity contribution is 0.0906. The summed E-state index contributed by atoms with van der Waals surface area (Å²) in [5, 5.41) is 12.9. The summed E-state index contributed by atoms with van der Waals surface area (Å²) in [6.07, 6.45) is 0.720. The Balaban J connectivity index is 1.85. The van der Waals surface area contributed by atoms with E-state index in [2.05, 4.69) is 45.0 Å². The molecule has 0 aromatic heterocycles. The molecule has 174 valence electrons. The van der Waals surface area contributed by atoms with Crippen molar-refractivity contribution in [3.8, 4) is 0 Å². The third-order valence-corrected chi connectivity index (χ3v) is 11.2. The zero-order valence-corrected chi connectivity index (χ0v) is 21.0. The van der Waals surface area contributed by atoms with Crippen LogP contribution in [0.2, 0.25) is 5.04 Å². The van der Waals surface area contributed by atoms with E-state index in [4.69, 9.17) is 4.43 Å². The van der Waals surface area contributed by atoms with Crippen molar-refractivity contribution in [2.75, 3.05) is 6.61 Å². The number of allylic oxidation sites excluding steroid dienone is 1. The van der Waals surface area contributed by atoms with Gasteiger partial charge in [0.15, 0.2) is 0 Å². The summed E-state index contributed by atoms with van der Waals surface area (Å²) in [6.45, 7) is 8.74. The van der Waals surface area contributed by atoms with Gasteiger partial charge in [-0.1, -0.05) is 119 Å². The van der Waals surface area contributed by atoms with E-state index < -0.39 is 26.2 Å². The summed E-state index contributed by atoms with van der Waals surface area (Å²) in [7, 11) is -2.72. The van der Waals surface area contributed by atoms with E-state index >= 15 is 0 Å². The topological polar surface area (TPSA) is 29.5 Å². The standard InChI is InChI=1S/C29H35FO2Si/c1-23(28(31)27(30)21-20-24-14-8-5-9-15-24)22-32-33(29(2,3)4,25-16-10-6-11-17-25)26-18-12-7-13-19-26/h5-19,21,23,28,31H,20,22H2,1-4H3. The van der Waals surface area contributed by atoms with E-state index in [0.717, 1.165) is 5.56 Å². The molecule has 1 N–H and O–H groups in total. The third-order valence-electron chi connectivity index (χ3n) is 6.18. The van der Waals surface area contributed by atoms with E-state index in [1.165, 1.54) is 16.4 Å². The lowest BCUT2D eigenvalue weighted by atomic mass is 10.0. The zero-order chi connectivity index (χ0) is 23.9. The molecule has 2 unspecified atom stereocenters. The second-order valence-corrected chi connectivity index (χ2v) is 14.0. The second kappa shape index (κ2) is 11.1. The Labute approximate surface area is 198 Å². The van der Waals surface area contributed by atoms with E-state index in [-0.39, 0.29) is 11.6 Å². The predicted octanol–water partition coefficient (Wildman–Crippen LogP) is 5.66. The summed E-state index contributed by atoms with van der Waals surface area (Å²) < 4.78 is 21.6. The van der Waals surface area contributed by atoms with Crippen LogP contribution in [-0.2, 0) is 10.8 Å². The molecule has 0 aliphatic heterocycles. The van der Waals surface area contributed by atoms with Crippen LogP contribution in [-0.4, -0.2) is 26.1 Å². The molecule has 4 heteroatoms. The number of aliphatic hydroxyl groups excluding tert-OH is 1. The fourth-order valence-corrected chi connectivity index (χ4v) is 9.00. The van der Waals surface area contributed by atoms with Gasteiger partial charge in [-0.2, -0.15) is 0 Å². The van der Waals surface area contributed by atoms with Crippen molar-refractivity contribution in [1.82, 2.24) is 0 Å². The highest BCUT2D eigenvalue weighted by Gasteiger charge is 2.50. The Morgan fingerprint density at radius 3 is 1.79 bits per heavy atom. The van der Waals surface area contributed by atoms with Crippen molar-refractivity contribution in [1.29, 1.82) is 0 Å². The molecular formula is C29H35FO2Si. The van der Waals surface area contributed by atoms with Crippen molar-refractivity contribution in [2.24, 2.45) is 5.92 Å². The van der Waals surface area contributed by atoms with E-state index in [1.54, 1.807) is 0 Å². The number of halogens is 1. The molecule has 3 aromatic carbocycles. The van der Waals surface area contributed by atoms with Crippen LogP contribution in [0.25, 0.3) is 0 Å². The smallest absolute Gasteiger partial charge is 0.261 e. The van der Waals surface area contributed by atoms with Crippen molar-refractivity contribution in [2.45, 2.75) is 45.3 Å². The van der Waals surface area contributed by atoms with E-state index in [1.807, 2.05) is 73.7 Å². The van der Waals surface area contributed by atoms with Crippen LogP contribution >= 0.6 is 0 Å². The highest BCUT2D eigenvalue weighted by molar-refractivity contribution is 6.99. The fraction of sp³-hybridized carbons (Fsp3) is 0.310. The molecule has 0 bridgehead atoms. The SMILES string of the molecule is CC(CO[Si](c1ccccc1)(c1ccccc1)C(C)(C)C)C(O)C(F)=CCc1ccccc1. The molecule has 2 nitrogen and oxygen atoms in total. The first-order valence-corrected chi connectivity index (χ1v) is 13.5. The summed E-state index contributed by atoms with van der Waals surface area (Å²) >= 11 is 0. The monoisotopic (exact) mass is 462 g/mol. The molecule has 0 saturated carbocycles. The zero-order valence-electron chi connectivity index (χ0n) is 20.0. The molecule has 0 amide bonds. The molecule has 0 spiro atoms. The normalized spacial score (nSPS) is 14.7. The first-order valence-electron chi connectivity index (χ1n) is 11.6. The van der Waals surface area contributed by atoms with Gasteiger partial charge in [-0.3, -0.25) is 0 Å². The first-order chi connectivity index (χ1) is 15.8. The average molecular weight is 463 g/mol. The van der Waals surface area contributed by atoms with Crippen LogP contribution in [0.5, 0.6) is 0 Å². The van der Waals surface area contributed by atoms with Crippen LogP contribution in [0.1, 0.15) is 33.3 Å². The molecule has 0 heterocycles. The van der Waals surface area contributed by atoms with Crippen LogP contribution in [0.15, 0.2) is 103 Å². The van der Waals surface area contributed by atoms with E-state index in [9.17, 15) is 9.50 Å². The maximum Gasteiger partial charge on any atom is 0.261 e. The largest absolute Gasteiger partial charge is 0.407 e. The highest BCUT2D eigenvalue weighted by atomic mass is 28.4. The summed E-state index contributed by atoms with van der Waals surface area (Å²) in [5.41, 5.74) is 1.01. The minimum Gasteiger partial charge on any atom is -0.407 e. The van der Waals surface area contributed by atoms with Crippen molar-refractivity contribution < 1.29 is 13.9 Å². The average Bonchev–Trinajstić information content (AvgIpc) is 2.83. The molecule has 0 aliphatic carbocycles. The Morgan fingerprint density at radius 2 is 1.33 bits per heavy atom. The first kappa shape index (κ1) is 25.1. The maximum atomic E-state index is 14.8. The summed E-state index contributed by atoms with van der Waals surface area (Å²) in [4.78, 5) is 0. The number of benzene rings is 3. The number of hydrogen-bond acceptors (Lipinski definition) is 2. The molecule has 3 rings (SSSR count). The highest BCUT2D eigenvalue weighted by Crippen LogP contribution is 2.37. The fourth-order valence-electron chi connectivity index (χ4n) is 4.33. The Hall–Kier alpha value is -2.53. The molecule has 0 saturated heterocycles. The van der Waals surface area contributed by atoms with Gasteiger partial charge in [0.2, 0.25) is 0 Å². The summed E-state index contributed by atoms with van der Waals surface area (Å²) in [5.74, 6) is -0.893. The van der Waals surface area contributed by atoms with Gasteiger partial charge < -0.3 is 9.53 Å². The molecule has 0 fully saturated rings. The van der Waals surface area contributed by atoms with Gasteiger partial charge in [-0.05, 0) is 33.5 Å². The van der Waals surface area contributed by atoms with Gasteiger partial charge in [-0.25, -0.2) is 4.39 Å². The van der Waals surface area contributed by atoms with Gasteiger partial charge in [0, 0.05) is 12.5 Å². The van der Waals surface area contributed by atoms with Gasteiger partial charge in [-0.15, -0.1) is 0 Å². The predicted molar refractivity (Wildman–Crippen MR) is 138 cm³/mol. The minimum atomic E-state index is -2.72. The molecule has 3 aromatic rings. The van der Waals surface area contributed by atoms with Gasteiger partial charge in [0.05, 0.1) is 0 Å². The lowest BCUT2D eigenvalue weighted by Crippen LogP contribution is -2.67. The van der Waals surface area contributed by atoms with Crippen LogP contribution in [0.4, 0.5) is 4.39 Å². The Kier molecular flexibility index (Phi) is 8.41. The minimum absolute atomic E-state index is 0.165. The van der Waals surface area contributed by atoms with Crippen molar-refractivity contribution in [3.63, 3.8) is 0 Å². The molecule has 2 atom stereocenters. The number of rotatable bonds is 9. The van der Waals surface area contributed by atoms with Gasteiger partial charge in [0.1, 0.15) is 11.9 Å².